The van der Waals surface area contributed by atoms with Gasteiger partial charge in [-0.3, -0.25) is 9.78 Å². The Kier molecular flexibility index (Phi) is 1.96. The predicted octanol–water partition coefficient (Wildman–Crippen LogP) is 1.96. The van der Waals surface area contributed by atoms with Crippen LogP contribution >= 0.6 is 0 Å². The molecule has 1 atom stereocenters. The third-order valence-corrected chi connectivity index (χ3v) is 2.80. The van der Waals surface area contributed by atoms with Gasteiger partial charge in [-0.25, -0.2) is 0 Å². The molecule has 0 saturated heterocycles. The van der Waals surface area contributed by atoms with E-state index in [0.29, 0.717) is 0 Å². The van der Waals surface area contributed by atoms with Crippen LogP contribution in [0.2, 0.25) is 0 Å². The van der Waals surface area contributed by atoms with E-state index in [1.165, 1.54) is 0 Å². The summed E-state index contributed by atoms with van der Waals surface area (Å²) in [7, 11) is 0. The van der Waals surface area contributed by atoms with E-state index in [4.69, 9.17) is 0 Å². The van der Waals surface area contributed by atoms with Crippen molar-refractivity contribution < 1.29 is 4.79 Å². The second-order valence-electron chi connectivity index (χ2n) is 3.76. The number of aromatic nitrogens is 1. The molecule has 1 amide bonds. The summed E-state index contributed by atoms with van der Waals surface area (Å²) in [4.78, 5) is 15.9. The van der Waals surface area contributed by atoms with Crippen LogP contribution in [0.25, 0.3) is 10.8 Å². The Hall–Kier alpha value is -2.16. The quantitative estimate of drug-likeness (QED) is 0.781. The van der Waals surface area contributed by atoms with Crippen molar-refractivity contribution in [2.45, 2.75) is 5.92 Å². The number of benzene rings is 1. The van der Waals surface area contributed by atoms with Crippen molar-refractivity contribution in [1.82, 2.24) is 10.3 Å². The van der Waals surface area contributed by atoms with Gasteiger partial charge in [0, 0.05) is 17.8 Å². The van der Waals surface area contributed by atoms with Crippen LogP contribution in [0.4, 0.5) is 0 Å². The topological polar surface area (TPSA) is 42.0 Å². The Balaban J connectivity index is 2.23. The molecule has 0 fully saturated rings. The number of carbonyl (C=O) groups is 1. The summed E-state index contributed by atoms with van der Waals surface area (Å²) in [5, 5.41) is 4.82. The maximum absolute atomic E-state index is 11.6. The standard InChI is InChI=1S/C13H10N2O/c16-13-11(6-8-15-13)12-10-4-2-1-3-9(10)5-7-14-12/h1-8,11H,(H,15,16). The molecular weight excluding hydrogens is 200 g/mol. The summed E-state index contributed by atoms with van der Waals surface area (Å²) < 4.78 is 0. The van der Waals surface area contributed by atoms with Gasteiger partial charge in [0.15, 0.2) is 0 Å². The van der Waals surface area contributed by atoms with Gasteiger partial charge in [-0.2, -0.15) is 0 Å². The van der Waals surface area contributed by atoms with Crippen molar-refractivity contribution >= 4 is 16.7 Å². The zero-order valence-corrected chi connectivity index (χ0v) is 8.55. The third-order valence-electron chi connectivity index (χ3n) is 2.80. The fourth-order valence-corrected chi connectivity index (χ4v) is 2.01. The SMILES string of the molecule is O=C1NC=CC1c1nccc2ccccc12. The molecule has 1 unspecified atom stereocenters. The summed E-state index contributed by atoms with van der Waals surface area (Å²) in [6, 6.07) is 9.92. The number of pyridine rings is 1. The summed E-state index contributed by atoms with van der Waals surface area (Å²) in [6.45, 7) is 0. The van der Waals surface area contributed by atoms with E-state index in [1.54, 1.807) is 12.4 Å². The van der Waals surface area contributed by atoms with Crippen LogP contribution in [-0.2, 0) is 4.79 Å². The first-order valence-electron chi connectivity index (χ1n) is 5.17. The number of nitrogens with zero attached hydrogens (tertiary/aromatic N) is 1. The number of carbonyl (C=O) groups excluding carboxylic acids is 1. The van der Waals surface area contributed by atoms with Crippen molar-refractivity contribution in [2.75, 3.05) is 0 Å². The van der Waals surface area contributed by atoms with Crippen molar-refractivity contribution in [3.05, 3.63) is 54.5 Å². The summed E-state index contributed by atoms with van der Waals surface area (Å²) in [6.07, 6.45) is 5.27. The zero-order valence-electron chi connectivity index (χ0n) is 8.55. The highest BCUT2D eigenvalue weighted by Gasteiger charge is 2.23. The molecule has 2 aromatic rings. The lowest BCUT2D eigenvalue weighted by Crippen LogP contribution is -2.18. The van der Waals surface area contributed by atoms with Gasteiger partial charge in [0.1, 0.15) is 5.92 Å². The van der Waals surface area contributed by atoms with Gasteiger partial charge in [0.25, 0.3) is 0 Å². The van der Waals surface area contributed by atoms with E-state index in [2.05, 4.69) is 10.3 Å². The fourth-order valence-electron chi connectivity index (χ4n) is 2.01. The van der Waals surface area contributed by atoms with Gasteiger partial charge >= 0.3 is 0 Å². The monoisotopic (exact) mass is 210 g/mol. The van der Waals surface area contributed by atoms with E-state index < -0.39 is 0 Å². The van der Waals surface area contributed by atoms with Crippen LogP contribution in [0.15, 0.2) is 48.8 Å². The van der Waals surface area contributed by atoms with Crippen molar-refractivity contribution in [1.29, 1.82) is 0 Å². The normalized spacial score (nSPS) is 19.0. The van der Waals surface area contributed by atoms with E-state index in [-0.39, 0.29) is 11.8 Å². The molecule has 0 spiro atoms. The average Bonchev–Trinajstić information content (AvgIpc) is 2.75. The summed E-state index contributed by atoms with van der Waals surface area (Å²) in [5.74, 6) is -0.269. The van der Waals surface area contributed by atoms with Gasteiger partial charge < -0.3 is 5.32 Å². The minimum atomic E-state index is -0.258. The molecule has 78 valence electrons. The van der Waals surface area contributed by atoms with Gasteiger partial charge in [0.05, 0.1) is 5.69 Å². The smallest absolute Gasteiger partial charge is 0.236 e. The minimum Gasteiger partial charge on any atom is -0.332 e. The maximum atomic E-state index is 11.6. The largest absolute Gasteiger partial charge is 0.332 e. The minimum absolute atomic E-state index is 0.0103. The molecule has 2 heterocycles. The lowest BCUT2D eigenvalue weighted by Gasteiger charge is -2.08. The average molecular weight is 210 g/mol. The molecule has 0 radical (unpaired) electrons. The molecule has 1 aliphatic rings. The Morgan fingerprint density at radius 3 is 2.88 bits per heavy atom. The molecule has 1 aromatic heterocycles. The van der Waals surface area contributed by atoms with Crippen LogP contribution in [0.3, 0.4) is 0 Å². The first kappa shape index (κ1) is 9.09. The molecular formula is C13H10N2O. The van der Waals surface area contributed by atoms with Crippen LogP contribution in [0, 0.1) is 0 Å². The van der Waals surface area contributed by atoms with E-state index in [9.17, 15) is 4.79 Å². The fraction of sp³-hybridized carbons (Fsp3) is 0.0769. The van der Waals surface area contributed by atoms with Crippen LogP contribution < -0.4 is 5.32 Å². The number of rotatable bonds is 1. The van der Waals surface area contributed by atoms with Crippen molar-refractivity contribution in [2.24, 2.45) is 0 Å². The number of hydrogen-bond acceptors (Lipinski definition) is 2. The highest BCUT2D eigenvalue weighted by molar-refractivity contribution is 5.94. The molecule has 3 rings (SSSR count). The first-order chi connectivity index (χ1) is 7.86. The van der Waals surface area contributed by atoms with Crippen LogP contribution in [0.5, 0.6) is 0 Å². The van der Waals surface area contributed by atoms with E-state index in [1.807, 2.05) is 36.4 Å². The summed E-state index contributed by atoms with van der Waals surface area (Å²) in [5.41, 5.74) is 0.823. The van der Waals surface area contributed by atoms with Crippen LogP contribution in [-0.4, -0.2) is 10.9 Å². The van der Waals surface area contributed by atoms with Gasteiger partial charge in [-0.15, -0.1) is 0 Å². The molecule has 1 aromatic carbocycles. The Morgan fingerprint density at radius 1 is 1.19 bits per heavy atom. The summed E-state index contributed by atoms with van der Waals surface area (Å²) >= 11 is 0. The molecule has 1 aliphatic heterocycles. The second-order valence-corrected chi connectivity index (χ2v) is 3.76. The Morgan fingerprint density at radius 2 is 2.06 bits per heavy atom. The van der Waals surface area contributed by atoms with Crippen LogP contribution in [0.1, 0.15) is 11.6 Å². The predicted molar refractivity (Wildman–Crippen MR) is 61.8 cm³/mol. The van der Waals surface area contributed by atoms with Crippen molar-refractivity contribution in [3.63, 3.8) is 0 Å². The maximum Gasteiger partial charge on any atom is 0.236 e. The number of hydrogen-bond donors (Lipinski definition) is 1. The molecule has 0 saturated carbocycles. The van der Waals surface area contributed by atoms with Gasteiger partial charge in [0.2, 0.25) is 5.91 Å². The second kappa shape index (κ2) is 3.45. The van der Waals surface area contributed by atoms with Gasteiger partial charge in [-0.05, 0) is 17.5 Å². The first-order valence-corrected chi connectivity index (χ1v) is 5.17. The molecule has 3 heteroatoms. The molecule has 0 bridgehead atoms. The highest BCUT2D eigenvalue weighted by atomic mass is 16.2. The molecule has 0 aliphatic carbocycles. The number of fused-ring (bicyclic) bond motifs is 1. The van der Waals surface area contributed by atoms with Gasteiger partial charge in [-0.1, -0.05) is 24.3 Å². The lowest BCUT2D eigenvalue weighted by atomic mass is 10.00. The highest BCUT2D eigenvalue weighted by Crippen LogP contribution is 2.26. The zero-order chi connectivity index (χ0) is 11.0. The van der Waals surface area contributed by atoms with Crippen molar-refractivity contribution in [3.8, 4) is 0 Å². The molecule has 16 heavy (non-hydrogen) atoms. The molecule has 3 nitrogen and oxygen atoms in total. The Bertz CT molecular complexity index is 584. The third kappa shape index (κ3) is 1.29. The Labute approximate surface area is 92.8 Å². The lowest BCUT2D eigenvalue weighted by molar-refractivity contribution is -0.119. The van der Waals surface area contributed by atoms with E-state index >= 15 is 0 Å². The molecule has 1 N–H and O–H groups in total. The number of amides is 1. The number of nitrogens with one attached hydrogen (secondary N) is 1. The van der Waals surface area contributed by atoms with E-state index in [0.717, 1.165) is 16.5 Å².